The minimum Gasteiger partial charge on any atom is -0.369 e. The van der Waals surface area contributed by atoms with E-state index in [1.807, 2.05) is 4.72 Å². The number of sulfonamides is 1. The van der Waals surface area contributed by atoms with Crippen molar-refractivity contribution in [2.45, 2.75) is 18.2 Å². The highest BCUT2D eigenvalue weighted by Crippen LogP contribution is 2.12. The summed E-state index contributed by atoms with van der Waals surface area (Å²) in [5.74, 6) is -0.929. The van der Waals surface area contributed by atoms with E-state index < -0.39 is 22.5 Å². The van der Waals surface area contributed by atoms with E-state index in [9.17, 15) is 18.0 Å². The van der Waals surface area contributed by atoms with Gasteiger partial charge in [0.25, 0.3) is 0 Å². The molecule has 0 radical (unpaired) electrons. The van der Waals surface area contributed by atoms with Crippen LogP contribution in [-0.4, -0.2) is 26.7 Å². The molecular formula is C11H14N2O4S. The molecule has 7 heteroatoms. The molecule has 0 aliphatic heterocycles. The molecule has 0 fully saturated rings. The van der Waals surface area contributed by atoms with Crippen molar-refractivity contribution >= 4 is 21.7 Å². The Labute approximate surface area is 105 Å². The highest BCUT2D eigenvalue weighted by Gasteiger charge is 2.16. The molecule has 1 aromatic carbocycles. The van der Waals surface area contributed by atoms with E-state index in [4.69, 9.17) is 5.73 Å². The molecule has 0 spiro atoms. The molecule has 0 aromatic heterocycles. The van der Waals surface area contributed by atoms with Gasteiger partial charge in [-0.1, -0.05) is 19.1 Å². The Bertz CT molecular complexity index is 566. The van der Waals surface area contributed by atoms with Crippen molar-refractivity contribution in [3.05, 3.63) is 29.8 Å². The molecule has 0 atom stereocenters. The van der Waals surface area contributed by atoms with Gasteiger partial charge in [0, 0.05) is 12.0 Å². The minimum atomic E-state index is -3.82. The predicted octanol–water partition coefficient (Wildman–Crippen LogP) is 0.0429. The number of hydrogen-bond donors (Lipinski definition) is 2. The zero-order chi connectivity index (χ0) is 13.8. The average molecular weight is 270 g/mol. The maximum absolute atomic E-state index is 11.8. The fourth-order valence-corrected chi connectivity index (χ4v) is 2.33. The number of carbonyl (C=O) groups excluding carboxylic acids is 2. The van der Waals surface area contributed by atoms with Crippen LogP contribution in [0.4, 0.5) is 0 Å². The van der Waals surface area contributed by atoms with Gasteiger partial charge in [-0.25, -0.2) is 13.1 Å². The number of amides is 1. The number of primary amides is 1. The molecule has 0 saturated carbocycles. The fraction of sp³-hybridized carbons (Fsp3) is 0.273. The molecule has 0 aliphatic rings. The summed E-state index contributed by atoms with van der Waals surface area (Å²) < 4.78 is 25.6. The zero-order valence-electron chi connectivity index (χ0n) is 9.84. The van der Waals surface area contributed by atoms with Crippen LogP contribution in [0.5, 0.6) is 0 Å². The monoisotopic (exact) mass is 270 g/mol. The van der Waals surface area contributed by atoms with Crippen LogP contribution in [0.2, 0.25) is 0 Å². The van der Waals surface area contributed by atoms with Gasteiger partial charge in [-0.2, -0.15) is 0 Å². The molecule has 3 N–H and O–H groups in total. The fourth-order valence-electron chi connectivity index (χ4n) is 1.29. The summed E-state index contributed by atoms with van der Waals surface area (Å²) in [4.78, 5) is 21.9. The van der Waals surface area contributed by atoms with Crippen LogP contribution in [0.1, 0.15) is 23.7 Å². The first-order valence-electron chi connectivity index (χ1n) is 5.28. The van der Waals surface area contributed by atoms with Gasteiger partial charge < -0.3 is 5.73 Å². The highest BCUT2D eigenvalue weighted by atomic mass is 32.2. The van der Waals surface area contributed by atoms with E-state index in [2.05, 4.69) is 0 Å². The molecular weight excluding hydrogens is 256 g/mol. The maximum Gasteiger partial charge on any atom is 0.241 e. The van der Waals surface area contributed by atoms with Crippen molar-refractivity contribution in [3.8, 4) is 0 Å². The zero-order valence-corrected chi connectivity index (χ0v) is 10.7. The molecule has 0 unspecified atom stereocenters. The van der Waals surface area contributed by atoms with Crippen LogP contribution in [0, 0.1) is 0 Å². The van der Waals surface area contributed by atoms with E-state index in [0.29, 0.717) is 5.56 Å². The van der Waals surface area contributed by atoms with Gasteiger partial charge in [0.15, 0.2) is 5.78 Å². The van der Waals surface area contributed by atoms with Crippen LogP contribution < -0.4 is 10.5 Å². The second kappa shape index (κ2) is 5.74. The van der Waals surface area contributed by atoms with Gasteiger partial charge in [0.2, 0.25) is 15.9 Å². The lowest BCUT2D eigenvalue weighted by Gasteiger charge is -2.06. The summed E-state index contributed by atoms with van der Waals surface area (Å²) in [5, 5.41) is 0. The van der Waals surface area contributed by atoms with E-state index in [-0.39, 0.29) is 17.1 Å². The smallest absolute Gasteiger partial charge is 0.241 e. The Kier molecular flexibility index (Phi) is 4.57. The maximum atomic E-state index is 11.8. The van der Waals surface area contributed by atoms with Crippen LogP contribution in [0.15, 0.2) is 29.2 Å². The molecule has 1 amide bonds. The highest BCUT2D eigenvalue weighted by molar-refractivity contribution is 7.89. The number of ketones is 1. The van der Waals surface area contributed by atoms with Gasteiger partial charge in [0.1, 0.15) is 0 Å². The summed E-state index contributed by atoms with van der Waals surface area (Å²) in [6, 6.07) is 5.63. The van der Waals surface area contributed by atoms with Crippen LogP contribution >= 0.6 is 0 Å². The lowest BCUT2D eigenvalue weighted by Crippen LogP contribution is -2.33. The number of Topliss-reactive ketones (excluding diaryl/α,β-unsaturated/α-hetero) is 1. The second-order valence-electron chi connectivity index (χ2n) is 3.60. The number of hydrogen-bond acceptors (Lipinski definition) is 4. The summed E-state index contributed by atoms with van der Waals surface area (Å²) in [7, 11) is -3.82. The van der Waals surface area contributed by atoms with Crippen molar-refractivity contribution in [1.82, 2.24) is 4.72 Å². The van der Waals surface area contributed by atoms with Gasteiger partial charge in [-0.3, -0.25) is 9.59 Å². The summed E-state index contributed by atoms with van der Waals surface area (Å²) in [6.07, 6.45) is 0.290. The summed E-state index contributed by atoms with van der Waals surface area (Å²) in [5.41, 5.74) is 5.18. The molecule has 18 heavy (non-hydrogen) atoms. The Balaban J connectivity index is 3.02. The number of benzene rings is 1. The number of nitrogens with one attached hydrogen (secondary N) is 1. The van der Waals surface area contributed by atoms with Gasteiger partial charge >= 0.3 is 0 Å². The van der Waals surface area contributed by atoms with Crippen molar-refractivity contribution in [2.24, 2.45) is 5.73 Å². The lowest BCUT2D eigenvalue weighted by atomic mass is 10.1. The van der Waals surface area contributed by atoms with Crippen LogP contribution in [-0.2, 0) is 14.8 Å². The summed E-state index contributed by atoms with van der Waals surface area (Å²) >= 11 is 0. The van der Waals surface area contributed by atoms with Crippen molar-refractivity contribution in [1.29, 1.82) is 0 Å². The first kappa shape index (κ1) is 14.3. The predicted molar refractivity (Wildman–Crippen MR) is 65.4 cm³/mol. The van der Waals surface area contributed by atoms with E-state index >= 15 is 0 Å². The van der Waals surface area contributed by atoms with E-state index in [0.717, 1.165) is 0 Å². The molecule has 0 saturated heterocycles. The third-order valence-electron chi connectivity index (χ3n) is 2.22. The number of carbonyl (C=O) groups is 2. The Hall–Kier alpha value is -1.73. The van der Waals surface area contributed by atoms with Gasteiger partial charge in [-0.15, -0.1) is 0 Å². The minimum absolute atomic E-state index is 0.0666. The van der Waals surface area contributed by atoms with Gasteiger partial charge in [-0.05, 0) is 12.1 Å². The first-order chi connectivity index (χ1) is 8.36. The Morgan fingerprint density at radius 2 is 2.00 bits per heavy atom. The molecule has 98 valence electrons. The Morgan fingerprint density at radius 1 is 1.33 bits per heavy atom. The average Bonchev–Trinajstić information content (AvgIpc) is 2.35. The summed E-state index contributed by atoms with van der Waals surface area (Å²) in [6.45, 7) is 1.21. The number of rotatable bonds is 6. The van der Waals surface area contributed by atoms with Crippen molar-refractivity contribution in [3.63, 3.8) is 0 Å². The lowest BCUT2D eigenvalue weighted by molar-refractivity contribution is -0.116. The molecule has 0 bridgehead atoms. The van der Waals surface area contributed by atoms with E-state index in [1.54, 1.807) is 13.0 Å². The standard InChI is InChI=1S/C11H14N2O4S/c1-2-10(14)8-4-3-5-9(6-8)18(16,17)13-7-11(12)15/h3-6,13H,2,7H2,1H3,(H2,12,15). The number of nitrogens with two attached hydrogens (primary N) is 1. The molecule has 0 heterocycles. The second-order valence-corrected chi connectivity index (χ2v) is 5.36. The first-order valence-corrected chi connectivity index (χ1v) is 6.76. The quantitative estimate of drug-likeness (QED) is 0.712. The third kappa shape index (κ3) is 3.64. The normalized spacial score (nSPS) is 11.2. The molecule has 6 nitrogen and oxygen atoms in total. The molecule has 1 aromatic rings. The van der Waals surface area contributed by atoms with Crippen LogP contribution in [0.25, 0.3) is 0 Å². The van der Waals surface area contributed by atoms with E-state index in [1.165, 1.54) is 18.2 Å². The van der Waals surface area contributed by atoms with Crippen LogP contribution in [0.3, 0.4) is 0 Å². The molecule has 1 rings (SSSR count). The topological polar surface area (TPSA) is 106 Å². The van der Waals surface area contributed by atoms with Gasteiger partial charge in [0.05, 0.1) is 11.4 Å². The molecule has 0 aliphatic carbocycles. The largest absolute Gasteiger partial charge is 0.369 e. The third-order valence-corrected chi connectivity index (χ3v) is 3.62. The SMILES string of the molecule is CCC(=O)c1cccc(S(=O)(=O)NCC(N)=O)c1. The Morgan fingerprint density at radius 3 is 2.56 bits per heavy atom. The van der Waals surface area contributed by atoms with Crippen molar-refractivity contribution < 1.29 is 18.0 Å². The van der Waals surface area contributed by atoms with Crippen molar-refractivity contribution in [2.75, 3.05) is 6.54 Å².